The van der Waals surface area contributed by atoms with Crippen molar-refractivity contribution in [2.24, 2.45) is 0 Å². The van der Waals surface area contributed by atoms with Gasteiger partial charge in [0, 0.05) is 0 Å². The fourth-order valence-corrected chi connectivity index (χ4v) is 1.56. The van der Waals surface area contributed by atoms with E-state index in [4.69, 9.17) is 0 Å². The first-order valence-corrected chi connectivity index (χ1v) is 5.57. The first-order chi connectivity index (χ1) is 5.38. The Morgan fingerprint density at radius 2 is 1.55 bits per heavy atom. The molecule has 60 valence electrons. The van der Waals surface area contributed by atoms with Gasteiger partial charge < -0.3 is 0 Å². The second-order valence-electron chi connectivity index (χ2n) is 2.62. The minimum atomic E-state index is 1.31. The van der Waals surface area contributed by atoms with E-state index in [1.165, 1.54) is 28.4 Å². The molecule has 2 aliphatic carbocycles. The lowest BCUT2D eigenvalue weighted by Crippen LogP contribution is -1.85. The SMILES string of the molecule is CCCCI.c1cc2ccc1-2. The molecular weight excluding hydrogens is 247 g/mol. The van der Waals surface area contributed by atoms with Crippen LogP contribution in [0, 0.1) is 0 Å². The molecule has 0 saturated heterocycles. The maximum absolute atomic E-state index is 2.39. The van der Waals surface area contributed by atoms with E-state index in [-0.39, 0.29) is 0 Å². The zero-order chi connectivity index (χ0) is 8.10. The van der Waals surface area contributed by atoms with Crippen molar-refractivity contribution < 1.29 is 0 Å². The third-order valence-corrected chi connectivity index (χ3v) is 2.47. The van der Waals surface area contributed by atoms with Gasteiger partial charge in [0.15, 0.2) is 0 Å². The Bertz CT molecular complexity index is 178. The summed E-state index contributed by atoms with van der Waals surface area (Å²) in [6.45, 7) is 2.21. The fourth-order valence-electron chi connectivity index (χ4n) is 0.796. The molecule has 0 unspecified atom stereocenters. The minimum Gasteiger partial charge on any atom is -0.0864 e. The van der Waals surface area contributed by atoms with Gasteiger partial charge >= 0.3 is 0 Å². The molecule has 0 amide bonds. The van der Waals surface area contributed by atoms with E-state index in [1.807, 2.05) is 0 Å². The third-order valence-electron chi connectivity index (χ3n) is 1.71. The Kier molecular flexibility index (Phi) is 3.91. The molecule has 0 aromatic rings. The maximum Gasteiger partial charge on any atom is -0.000483 e. The highest BCUT2D eigenvalue weighted by atomic mass is 127. The maximum atomic E-state index is 2.39. The van der Waals surface area contributed by atoms with Gasteiger partial charge in [0.05, 0.1) is 0 Å². The second kappa shape index (κ2) is 4.75. The van der Waals surface area contributed by atoms with Crippen molar-refractivity contribution >= 4 is 22.6 Å². The summed E-state index contributed by atoms with van der Waals surface area (Å²) >= 11 is 2.39. The molecule has 0 aromatic heterocycles. The van der Waals surface area contributed by atoms with Crippen LogP contribution >= 0.6 is 22.6 Å². The predicted octanol–water partition coefficient (Wildman–Crippen LogP) is 3.89. The van der Waals surface area contributed by atoms with Gasteiger partial charge in [-0.05, 0) is 22.0 Å². The molecule has 0 spiro atoms. The van der Waals surface area contributed by atoms with Crippen molar-refractivity contribution in [1.82, 2.24) is 0 Å². The highest BCUT2D eigenvalue weighted by Gasteiger charge is 2.03. The Labute approximate surface area is 82.2 Å². The zero-order valence-electron chi connectivity index (χ0n) is 6.81. The van der Waals surface area contributed by atoms with Crippen LogP contribution in [0.1, 0.15) is 19.8 Å². The van der Waals surface area contributed by atoms with Crippen LogP contribution in [-0.4, -0.2) is 4.43 Å². The van der Waals surface area contributed by atoms with E-state index in [0.717, 1.165) is 0 Å². The number of fused-ring (bicyclic) bond motifs is 1. The highest BCUT2D eigenvalue weighted by molar-refractivity contribution is 14.1. The average molecular weight is 260 g/mol. The lowest BCUT2D eigenvalue weighted by molar-refractivity contribution is 0.907. The molecule has 0 aliphatic heterocycles. The Hall–Kier alpha value is -0.0500. The largest absolute Gasteiger partial charge is 0.0864 e. The van der Waals surface area contributed by atoms with Crippen molar-refractivity contribution in [3.63, 3.8) is 0 Å². The first kappa shape index (κ1) is 9.04. The summed E-state index contributed by atoms with van der Waals surface area (Å²) in [5.74, 6) is 0. The van der Waals surface area contributed by atoms with Gasteiger partial charge in [0.2, 0.25) is 0 Å². The van der Waals surface area contributed by atoms with Crippen LogP contribution in [0.15, 0.2) is 24.3 Å². The van der Waals surface area contributed by atoms with Crippen molar-refractivity contribution in [2.75, 3.05) is 4.43 Å². The van der Waals surface area contributed by atoms with Gasteiger partial charge in [0.1, 0.15) is 0 Å². The molecule has 0 saturated carbocycles. The number of hydrogen-bond donors (Lipinski definition) is 0. The topological polar surface area (TPSA) is 0 Å². The van der Waals surface area contributed by atoms with Crippen LogP contribution in [0.25, 0.3) is 11.1 Å². The van der Waals surface area contributed by atoms with Crippen molar-refractivity contribution in [1.29, 1.82) is 0 Å². The van der Waals surface area contributed by atoms with Crippen LogP contribution in [0.3, 0.4) is 0 Å². The summed E-state index contributed by atoms with van der Waals surface area (Å²) in [6.07, 6.45) is 2.71. The van der Waals surface area contributed by atoms with Crippen molar-refractivity contribution in [3.05, 3.63) is 24.3 Å². The van der Waals surface area contributed by atoms with Gasteiger partial charge in [-0.1, -0.05) is 60.2 Å². The van der Waals surface area contributed by atoms with Crippen LogP contribution < -0.4 is 0 Å². The minimum absolute atomic E-state index is 1.31. The molecule has 0 aromatic carbocycles. The Morgan fingerprint density at radius 1 is 1.09 bits per heavy atom. The molecule has 11 heavy (non-hydrogen) atoms. The fraction of sp³-hybridized carbons (Fsp3) is 0.400. The molecule has 0 bridgehead atoms. The summed E-state index contributed by atoms with van der Waals surface area (Å²) in [4.78, 5) is 0. The normalized spacial score (nSPS) is 10.0. The molecule has 0 fully saturated rings. The Morgan fingerprint density at radius 3 is 1.55 bits per heavy atom. The third kappa shape index (κ3) is 2.47. The van der Waals surface area contributed by atoms with Gasteiger partial charge in [-0.3, -0.25) is 0 Å². The smallest absolute Gasteiger partial charge is 0.000483 e. The molecule has 0 atom stereocenters. The summed E-state index contributed by atoms with van der Waals surface area (Å²) in [6, 6.07) is 8.48. The summed E-state index contributed by atoms with van der Waals surface area (Å²) in [5, 5.41) is 0. The van der Waals surface area contributed by atoms with E-state index >= 15 is 0 Å². The monoisotopic (exact) mass is 260 g/mol. The first-order valence-electron chi connectivity index (χ1n) is 4.05. The number of hydrogen-bond acceptors (Lipinski definition) is 0. The lowest BCUT2D eigenvalue weighted by atomic mass is 9.95. The molecular formula is C10H13I. The molecule has 1 heteroatoms. The van der Waals surface area contributed by atoms with E-state index < -0.39 is 0 Å². The number of alkyl halides is 1. The van der Waals surface area contributed by atoms with E-state index in [0.29, 0.717) is 0 Å². The van der Waals surface area contributed by atoms with E-state index in [2.05, 4.69) is 53.8 Å². The van der Waals surface area contributed by atoms with E-state index in [1.54, 1.807) is 0 Å². The highest BCUT2D eigenvalue weighted by Crippen LogP contribution is 2.29. The molecule has 0 heterocycles. The predicted molar refractivity (Wildman–Crippen MR) is 59.2 cm³/mol. The van der Waals surface area contributed by atoms with Gasteiger partial charge in [0.25, 0.3) is 0 Å². The lowest BCUT2D eigenvalue weighted by Gasteiger charge is -2.10. The average Bonchev–Trinajstić information content (AvgIpc) is 2.00. The van der Waals surface area contributed by atoms with Crippen LogP contribution in [0.4, 0.5) is 0 Å². The molecule has 2 rings (SSSR count). The standard InChI is InChI=1S/C6H4.C4H9I/c1-2-6-4-3-5(1)6;1-2-3-4-5/h1-4H;2-4H2,1H3. The summed E-state index contributed by atoms with van der Waals surface area (Å²) in [5.41, 5.74) is 2.85. The molecule has 2 aliphatic rings. The second-order valence-corrected chi connectivity index (χ2v) is 3.70. The molecule has 0 nitrogen and oxygen atoms in total. The molecule has 0 N–H and O–H groups in total. The zero-order valence-corrected chi connectivity index (χ0v) is 8.97. The van der Waals surface area contributed by atoms with Gasteiger partial charge in [-0.2, -0.15) is 0 Å². The quantitative estimate of drug-likeness (QED) is 0.567. The number of halogens is 1. The van der Waals surface area contributed by atoms with Crippen LogP contribution in [0.2, 0.25) is 0 Å². The van der Waals surface area contributed by atoms with E-state index in [9.17, 15) is 0 Å². The molecule has 0 radical (unpaired) electrons. The number of rotatable bonds is 2. The Balaban J connectivity index is 0.000000114. The van der Waals surface area contributed by atoms with Crippen LogP contribution in [-0.2, 0) is 0 Å². The van der Waals surface area contributed by atoms with Crippen molar-refractivity contribution in [3.8, 4) is 11.1 Å². The van der Waals surface area contributed by atoms with Gasteiger partial charge in [-0.15, -0.1) is 0 Å². The summed E-state index contributed by atoms with van der Waals surface area (Å²) < 4.78 is 1.31. The number of unbranched alkanes of at least 4 members (excludes halogenated alkanes) is 1. The van der Waals surface area contributed by atoms with Crippen molar-refractivity contribution in [2.45, 2.75) is 19.8 Å². The van der Waals surface area contributed by atoms with Gasteiger partial charge in [-0.25, -0.2) is 0 Å². The summed E-state index contributed by atoms with van der Waals surface area (Å²) in [7, 11) is 0. The number of benzene rings is 1. The van der Waals surface area contributed by atoms with Crippen LogP contribution in [0.5, 0.6) is 0 Å².